The Bertz CT molecular complexity index is 264. The molecule has 20 heavy (non-hydrogen) atoms. The van der Waals surface area contributed by atoms with Crippen LogP contribution in [0.1, 0.15) is 58.3 Å². The zero-order valence-corrected chi connectivity index (χ0v) is 14.9. The van der Waals surface area contributed by atoms with Crippen LogP contribution in [-0.2, 0) is 4.79 Å². The van der Waals surface area contributed by atoms with E-state index in [2.05, 4.69) is 6.92 Å². The normalized spacial score (nSPS) is 17.4. The van der Waals surface area contributed by atoms with Gasteiger partial charge in [-0.3, -0.25) is 4.79 Å². The Balaban J connectivity index is 3.91. The van der Waals surface area contributed by atoms with Crippen LogP contribution in [0.15, 0.2) is 0 Å². The molecule has 0 radical (unpaired) electrons. The quantitative estimate of drug-likeness (QED) is 0.358. The topological polar surface area (TPSA) is 37.3 Å². The molecule has 1 N–H and O–H groups in total. The van der Waals surface area contributed by atoms with Crippen LogP contribution in [0.25, 0.3) is 0 Å². The lowest BCUT2D eigenvalue weighted by Crippen LogP contribution is -2.25. The number of rotatable bonds is 12. The van der Waals surface area contributed by atoms with E-state index in [9.17, 15) is 4.79 Å². The second-order valence-corrected chi connectivity index (χ2v) is 7.32. The maximum Gasteiger partial charge on any atom is 0.303 e. The number of unbranched alkanes of at least 4 members (excludes halogenated alkanes) is 2. The Morgan fingerprint density at radius 3 is 1.85 bits per heavy atom. The highest BCUT2D eigenvalue weighted by atomic mass is 35.5. The minimum absolute atomic E-state index is 0.0904. The summed E-state index contributed by atoms with van der Waals surface area (Å²) in [4.78, 5) is 10.4. The monoisotopic (exact) mass is 364 g/mol. The fourth-order valence-corrected chi connectivity index (χ4v) is 3.15. The summed E-state index contributed by atoms with van der Waals surface area (Å²) in [5.41, 5.74) is 0. The van der Waals surface area contributed by atoms with Crippen molar-refractivity contribution in [3.63, 3.8) is 0 Å². The first-order chi connectivity index (χ1) is 9.38. The lowest BCUT2D eigenvalue weighted by atomic mass is 10.0. The Labute approximate surface area is 142 Å². The van der Waals surface area contributed by atoms with Gasteiger partial charge in [0.2, 0.25) is 0 Å². The van der Waals surface area contributed by atoms with Gasteiger partial charge < -0.3 is 5.11 Å². The minimum atomic E-state index is -0.813. The molecule has 0 fully saturated rings. The number of halogens is 4. The molecule has 2 nitrogen and oxygen atoms in total. The number of alkyl halides is 4. The fraction of sp³-hybridized carbons (Fsp3) is 0.929. The highest BCUT2D eigenvalue weighted by molar-refractivity contribution is 6.32. The molecule has 0 bridgehead atoms. The molecule has 0 aliphatic heterocycles. The number of carboxylic acids is 1. The van der Waals surface area contributed by atoms with Crippen LogP contribution in [0.4, 0.5) is 0 Å². The Morgan fingerprint density at radius 1 is 0.900 bits per heavy atom. The van der Waals surface area contributed by atoms with Crippen molar-refractivity contribution >= 4 is 52.4 Å². The van der Waals surface area contributed by atoms with E-state index >= 15 is 0 Å². The third-order valence-corrected chi connectivity index (χ3v) is 5.46. The van der Waals surface area contributed by atoms with Crippen molar-refractivity contribution in [2.24, 2.45) is 0 Å². The number of carbonyl (C=O) groups is 1. The average molecular weight is 366 g/mol. The van der Waals surface area contributed by atoms with Gasteiger partial charge in [0.15, 0.2) is 0 Å². The number of aliphatic carboxylic acids is 1. The third-order valence-electron chi connectivity index (χ3n) is 3.19. The zero-order valence-electron chi connectivity index (χ0n) is 11.8. The fourth-order valence-electron chi connectivity index (χ4n) is 1.91. The van der Waals surface area contributed by atoms with Gasteiger partial charge in [0.1, 0.15) is 0 Å². The van der Waals surface area contributed by atoms with Gasteiger partial charge in [0, 0.05) is 17.2 Å². The molecular weight excluding hydrogens is 342 g/mol. The lowest BCUT2D eigenvalue weighted by molar-refractivity contribution is -0.137. The summed E-state index contributed by atoms with van der Waals surface area (Å²) < 4.78 is 0. The zero-order chi connectivity index (χ0) is 15.5. The minimum Gasteiger partial charge on any atom is -0.481 e. The summed E-state index contributed by atoms with van der Waals surface area (Å²) in [6, 6.07) is 0. The molecule has 0 aromatic heterocycles. The molecule has 0 amide bonds. The van der Waals surface area contributed by atoms with Gasteiger partial charge in [-0.2, -0.15) is 0 Å². The predicted molar refractivity (Wildman–Crippen MR) is 88.8 cm³/mol. The predicted octanol–water partition coefficient (Wildman–Crippen LogP) is 5.64. The standard InChI is InChI=1S/C14H24Cl4O2/c1-2-3-4-6-10(15)12(17)9-13(18)11(16)7-5-8-14(19)20/h10-13H,2-9H2,1H3,(H,19,20). The number of hydrogen-bond donors (Lipinski definition) is 1. The molecule has 0 saturated carbocycles. The molecular formula is C14H24Cl4O2. The first-order valence-corrected chi connectivity index (χ1v) is 8.91. The molecule has 0 aromatic carbocycles. The largest absolute Gasteiger partial charge is 0.481 e. The molecule has 0 spiro atoms. The van der Waals surface area contributed by atoms with Crippen LogP contribution < -0.4 is 0 Å². The number of carboxylic acid groups (broad SMARTS) is 1. The van der Waals surface area contributed by atoms with Crippen LogP contribution in [-0.4, -0.2) is 32.6 Å². The molecule has 6 heteroatoms. The van der Waals surface area contributed by atoms with Crippen molar-refractivity contribution in [2.45, 2.75) is 79.8 Å². The number of hydrogen-bond acceptors (Lipinski definition) is 1. The first-order valence-electron chi connectivity index (χ1n) is 7.16. The van der Waals surface area contributed by atoms with Crippen LogP contribution in [0.5, 0.6) is 0 Å². The molecule has 0 rings (SSSR count). The van der Waals surface area contributed by atoms with Gasteiger partial charge in [0.05, 0.1) is 10.8 Å². The van der Waals surface area contributed by atoms with E-state index in [1.807, 2.05) is 0 Å². The summed E-state index contributed by atoms with van der Waals surface area (Å²) in [6.45, 7) is 2.14. The molecule has 0 saturated heterocycles. The summed E-state index contributed by atoms with van der Waals surface area (Å²) in [6.07, 6.45) is 6.04. The maximum atomic E-state index is 10.4. The second kappa shape index (κ2) is 12.2. The summed E-state index contributed by atoms with van der Waals surface area (Å²) in [5, 5.41) is 7.74. The Hall–Kier alpha value is 0.630. The van der Waals surface area contributed by atoms with Gasteiger partial charge in [0.25, 0.3) is 0 Å². The van der Waals surface area contributed by atoms with Gasteiger partial charge in [-0.25, -0.2) is 0 Å². The van der Waals surface area contributed by atoms with Crippen molar-refractivity contribution in [1.29, 1.82) is 0 Å². The van der Waals surface area contributed by atoms with E-state index in [0.29, 0.717) is 19.3 Å². The van der Waals surface area contributed by atoms with Crippen molar-refractivity contribution < 1.29 is 9.90 Å². The highest BCUT2D eigenvalue weighted by Crippen LogP contribution is 2.27. The molecule has 4 atom stereocenters. The average Bonchev–Trinajstić information content (AvgIpc) is 2.38. The molecule has 0 aromatic rings. The Morgan fingerprint density at radius 2 is 1.40 bits per heavy atom. The van der Waals surface area contributed by atoms with Crippen molar-refractivity contribution in [3.05, 3.63) is 0 Å². The maximum absolute atomic E-state index is 10.4. The van der Waals surface area contributed by atoms with Crippen molar-refractivity contribution in [2.75, 3.05) is 0 Å². The molecule has 0 aliphatic rings. The van der Waals surface area contributed by atoms with Crippen molar-refractivity contribution in [1.82, 2.24) is 0 Å². The summed E-state index contributed by atoms with van der Waals surface area (Å²) in [7, 11) is 0. The highest BCUT2D eigenvalue weighted by Gasteiger charge is 2.24. The molecule has 120 valence electrons. The lowest BCUT2D eigenvalue weighted by Gasteiger charge is -2.21. The summed E-state index contributed by atoms with van der Waals surface area (Å²) in [5.74, 6) is -0.813. The Kier molecular flexibility index (Phi) is 12.6. The van der Waals surface area contributed by atoms with E-state index in [1.54, 1.807) is 0 Å². The molecule has 0 heterocycles. The molecule has 0 aliphatic carbocycles. The van der Waals surface area contributed by atoms with Crippen LogP contribution in [0.2, 0.25) is 0 Å². The van der Waals surface area contributed by atoms with Gasteiger partial charge >= 0.3 is 5.97 Å². The van der Waals surface area contributed by atoms with E-state index < -0.39 is 5.97 Å². The van der Waals surface area contributed by atoms with Gasteiger partial charge in [-0.15, -0.1) is 46.4 Å². The van der Waals surface area contributed by atoms with E-state index in [4.69, 9.17) is 51.5 Å². The first kappa shape index (κ1) is 20.6. The van der Waals surface area contributed by atoms with Gasteiger partial charge in [-0.1, -0.05) is 26.2 Å². The van der Waals surface area contributed by atoms with Crippen molar-refractivity contribution in [3.8, 4) is 0 Å². The summed E-state index contributed by atoms with van der Waals surface area (Å²) >= 11 is 24.9. The van der Waals surface area contributed by atoms with Crippen LogP contribution >= 0.6 is 46.4 Å². The third kappa shape index (κ3) is 10.4. The van der Waals surface area contributed by atoms with E-state index in [-0.39, 0.29) is 27.9 Å². The smallest absolute Gasteiger partial charge is 0.303 e. The SMILES string of the molecule is CCCCCC(Cl)C(Cl)CC(Cl)C(Cl)CCCC(=O)O. The van der Waals surface area contributed by atoms with Crippen LogP contribution in [0.3, 0.4) is 0 Å². The van der Waals surface area contributed by atoms with Crippen LogP contribution in [0, 0.1) is 0 Å². The van der Waals surface area contributed by atoms with Gasteiger partial charge in [-0.05, 0) is 25.7 Å². The molecule has 4 unspecified atom stereocenters. The second-order valence-electron chi connectivity index (χ2n) is 5.08. The van der Waals surface area contributed by atoms with E-state index in [1.165, 1.54) is 0 Å². The van der Waals surface area contributed by atoms with E-state index in [0.717, 1.165) is 25.7 Å².